The number of nitrogens with zero attached hydrogens (tertiary/aromatic N) is 2. The monoisotopic (exact) mass is 392 g/mol. The van der Waals surface area contributed by atoms with Crippen LogP contribution in [0.25, 0.3) is 11.3 Å². The fraction of sp³-hybridized carbons (Fsp3) is 0.143. The number of aromatic nitrogens is 2. The van der Waals surface area contributed by atoms with Crippen molar-refractivity contribution >= 4 is 35.0 Å². The summed E-state index contributed by atoms with van der Waals surface area (Å²) in [6.45, 7) is 3.28. The van der Waals surface area contributed by atoms with Crippen LogP contribution < -0.4 is 10.6 Å². The third-order valence-corrected chi connectivity index (χ3v) is 4.88. The summed E-state index contributed by atoms with van der Waals surface area (Å²) in [5, 5.41) is 5.96. The van der Waals surface area contributed by atoms with Crippen LogP contribution in [-0.2, 0) is 9.59 Å². The van der Waals surface area contributed by atoms with E-state index < -0.39 is 0 Å². The quantitative estimate of drug-likeness (QED) is 0.485. The molecule has 2 amide bonds. The number of carbonyl (C=O) groups excluding carboxylic acids is 2. The summed E-state index contributed by atoms with van der Waals surface area (Å²) in [4.78, 5) is 32.1. The SMILES string of the molecule is CC(=O)Nc1ccc(NC(=O)[C@@H](C)Sc2cc(-c3ccccc3)ncn2)cc1. The van der Waals surface area contributed by atoms with Crippen molar-refractivity contribution in [3.8, 4) is 11.3 Å². The Morgan fingerprint density at radius 1 is 0.929 bits per heavy atom. The summed E-state index contributed by atoms with van der Waals surface area (Å²) in [5.74, 6) is -0.265. The first-order valence-corrected chi connectivity index (χ1v) is 9.62. The van der Waals surface area contributed by atoms with Crippen molar-refractivity contribution in [3.05, 3.63) is 67.0 Å². The lowest BCUT2D eigenvalue weighted by Gasteiger charge is -2.12. The largest absolute Gasteiger partial charge is 0.326 e. The van der Waals surface area contributed by atoms with Gasteiger partial charge in [0.1, 0.15) is 11.4 Å². The Balaban J connectivity index is 1.62. The van der Waals surface area contributed by atoms with Gasteiger partial charge in [-0.3, -0.25) is 9.59 Å². The van der Waals surface area contributed by atoms with Gasteiger partial charge < -0.3 is 10.6 Å². The number of thioether (sulfide) groups is 1. The number of hydrogen-bond acceptors (Lipinski definition) is 5. The highest BCUT2D eigenvalue weighted by Gasteiger charge is 2.16. The number of rotatable bonds is 6. The van der Waals surface area contributed by atoms with Gasteiger partial charge in [-0.05, 0) is 37.3 Å². The Morgan fingerprint density at radius 3 is 2.21 bits per heavy atom. The molecule has 0 aliphatic heterocycles. The second kappa shape index (κ2) is 9.14. The first-order valence-electron chi connectivity index (χ1n) is 8.74. The highest BCUT2D eigenvalue weighted by molar-refractivity contribution is 8.00. The molecule has 0 saturated carbocycles. The number of nitrogens with one attached hydrogen (secondary N) is 2. The normalized spacial score (nSPS) is 11.5. The molecular formula is C21H20N4O2S. The molecule has 6 nitrogen and oxygen atoms in total. The Kier molecular flexibility index (Phi) is 6.39. The highest BCUT2D eigenvalue weighted by atomic mass is 32.2. The van der Waals surface area contributed by atoms with Crippen molar-refractivity contribution in [3.63, 3.8) is 0 Å². The maximum atomic E-state index is 12.5. The third-order valence-electron chi connectivity index (χ3n) is 3.85. The van der Waals surface area contributed by atoms with E-state index in [-0.39, 0.29) is 17.1 Å². The number of benzene rings is 2. The summed E-state index contributed by atoms with van der Waals surface area (Å²) >= 11 is 1.37. The molecule has 7 heteroatoms. The van der Waals surface area contributed by atoms with Crippen molar-refractivity contribution in [1.82, 2.24) is 9.97 Å². The summed E-state index contributed by atoms with van der Waals surface area (Å²) in [7, 11) is 0. The van der Waals surface area contributed by atoms with E-state index in [2.05, 4.69) is 20.6 Å². The number of anilines is 2. The summed E-state index contributed by atoms with van der Waals surface area (Å²) in [6, 6.07) is 18.7. The van der Waals surface area contributed by atoms with E-state index in [1.807, 2.05) is 43.3 Å². The minimum absolute atomic E-state index is 0.128. The molecular weight excluding hydrogens is 372 g/mol. The number of hydrogen-bond donors (Lipinski definition) is 2. The Labute approximate surface area is 167 Å². The lowest BCUT2D eigenvalue weighted by atomic mass is 10.1. The van der Waals surface area contributed by atoms with Gasteiger partial charge in [-0.15, -0.1) is 0 Å². The second-order valence-electron chi connectivity index (χ2n) is 6.12. The van der Waals surface area contributed by atoms with Crippen LogP contribution in [0.4, 0.5) is 11.4 Å². The lowest BCUT2D eigenvalue weighted by molar-refractivity contribution is -0.115. The zero-order chi connectivity index (χ0) is 19.9. The van der Waals surface area contributed by atoms with Crippen LogP contribution in [0.15, 0.2) is 72.0 Å². The van der Waals surface area contributed by atoms with Gasteiger partial charge in [-0.1, -0.05) is 42.1 Å². The number of carbonyl (C=O) groups is 2. The van der Waals surface area contributed by atoms with E-state index in [0.29, 0.717) is 11.4 Å². The van der Waals surface area contributed by atoms with Crippen LogP contribution in [0.2, 0.25) is 0 Å². The van der Waals surface area contributed by atoms with Gasteiger partial charge in [0.25, 0.3) is 0 Å². The molecule has 3 rings (SSSR count). The molecule has 0 aliphatic rings. The Hall–Kier alpha value is -3.19. The van der Waals surface area contributed by atoms with E-state index >= 15 is 0 Å². The van der Waals surface area contributed by atoms with Crippen molar-refractivity contribution < 1.29 is 9.59 Å². The molecule has 0 aliphatic carbocycles. The van der Waals surface area contributed by atoms with Gasteiger partial charge in [0.2, 0.25) is 11.8 Å². The molecule has 2 aromatic carbocycles. The molecule has 0 saturated heterocycles. The first-order chi connectivity index (χ1) is 13.5. The van der Waals surface area contributed by atoms with E-state index in [1.54, 1.807) is 24.3 Å². The topological polar surface area (TPSA) is 84.0 Å². The molecule has 0 radical (unpaired) electrons. The van der Waals surface area contributed by atoms with Crippen molar-refractivity contribution in [2.45, 2.75) is 24.1 Å². The maximum Gasteiger partial charge on any atom is 0.237 e. The van der Waals surface area contributed by atoms with Crippen LogP contribution in [0.1, 0.15) is 13.8 Å². The minimum Gasteiger partial charge on any atom is -0.326 e. The average Bonchev–Trinajstić information content (AvgIpc) is 2.70. The zero-order valence-corrected chi connectivity index (χ0v) is 16.4. The summed E-state index contributed by atoms with van der Waals surface area (Å²) in [5.41, 5.74) is 3.17. The van der Waals surface area contributed by atoms with Gasteiger partial charge in [0.15, 0.2) is 0 Å². The molecule has 0 spiro atoms. The molecule has 2 N–H and O–H groups in total. The third kappa shape index (κ3) is 5.40. The van der Waals surface area contributed by atoms with Gasteiger partial charge in [0.05, 0.1) is 10.9 Å². The van der Waals surface area contributed by atoms with E-state index in [1.165, 1.54) is 25.0 Å². The minimum atomic E-state index is -0.339. The molecule has 1 aromatic heterocycles. The van der Waals surface area contributed by atoms with Crippen LogP contribution in [-0.4, -0.2) is 27.0 Å². The molecule has 0 fully saturated rings. The molecule has 3 aromatic rings. The van der Waals surface area contributed by atoms with E-state index in [4.69, 9.17) is 0 Å². The van der Waals surface area contributed by atoms with E-state index in [9.17, 15) is 9.59 Å². The first kappa shape index (κ1) is 19.6. The van der Waals surface area contributed by atoms with Crippen LogP contribution in [0, 0.1) is 0 Å². The lowest BCUT2D eigenvalue weighted by Crippen LogP contribution is -2.22. The molecule has 1 atom stereocenters. The van der Waals surface area contributed by atoms with Gasteiger partial charge >= 0.3 is 0 Å². The van der Waals surface area contributed by atoms with Crippen LogP contribution in [0.5, 0.6) is 0 Å². The molecule has 28 heavy (non-hydrogen) atoms. The van der Waals surface area contributed by atoms with Gasteiger partial charge in [-0.2, -0.15) is 0 Å². The van der Waals surface area contributed by atoms with Gasteiger partial charge in [0, 0.05) is 23.9 Å². The van der Waals surface area contributed by atoms with Gasteiger partial charge in [-0.25, -0.2) is 9.97 Å². The maximum absolute atomic E-state index is 12.5. The second-order valence-corrected chi connectivity index (χ2v) is 7.48. The molecule has 1 heterocycles. The van der Waals surface area contributed by atoms with Crippen molar-refractivity contribution in [1.29, 1.82) is 0 Å². The van der Waals surface area contributed by atoms with Crippen molar-refractivity contribution in [2.24, 2.45) is 0 Å². The molecule has 0 bridgehead atoms. The zero-order valence-electron chi connectivity index (χ0n) is 15.5. The average molecular weight is 392 g/mol. The predicted octanol–water partition coefficient (Wildman–Crippen LogP) is 4.22. The summed E-state index contributed by atoms with van der Waals surface area (Å²) < 4.78 is 0. The highest BCUT2D eigenvalue weighted by Crippen LogP contribution is 2.26. The fourth-order valence-electron chi connectivity index (χ4n) is 2.49. The smallest absolute Gasteiger partial charge is 0.237 e. The number of amides is 2. The standard InChI is InChI=1S/C21H20N4O2S/c1-14(21(27)25-18-10-8-17(9-11-18)24-15(2)26)28-20-12-19(22-13-23-20)16-6-4-3-5-7-16/h3-14H,1-2H3,(H,24,26)(H,25,27)/t14-/m1/s1. The molecule has 0 unspecified atom stereocenters. The molecule has 142 valence electrons. The van der Waals surface area contributed by atoms with Crippen molar-refractivity contribution in [2.75, 3.05) is 10.6 Å². The Bertz CT molecular complexity index is 962. The fourth-order valence-corrected chi connectivity index (χ4v) is 3.31. The van der Waals surface area contributed by atoms with Crippen LogP contribution >= 0.6 is 11.8 Å². The van der Waals surface area contributed by atoms with E-state index in [0.717, 1.165) is 16.3 Å². The predicted molar refractivity (Wildman–Crippen MR) is 112 cm³/mol. The summed E-state index contributed by atoms with van der Waals surface area (Å²) in [6.07, 6.45) is 1.51. The Morgan fingerprint density at radius 2 is 1.57 bits per heavy atom. The van der Waals surface area contributed by atoms with Crippen LogP contribution in [0.3, 0.4) is 0 Å².